The third-order valence-electron chi connectivity index (χ3n) is 5.07. The molecule has 0 radical (unpaired) electrons. The normalized spacial score (nSPS) is 20.2. The summed E-state index contributed by atoms with van der Waals surface area (Å²) in [5, 5.41) is 0. The molecule has 2 aromatic carbocycles. The Kier molecular flexibility index (Phi) is 5.95. The third-order valence-corrected chi connectivity index (χ3v) is 5.54. The summed E-state index contributed by atoms with van der Waals surface area (Å²) in [5.74, 6) is 0. The van der Waals surface area contributed by atoms with Crippen LogP contribution in [0.1, 0.15) is 29.0 Å². The molecule has 0 saturated carbocycles. The van der Waals surface area contributed by atoms with Crippen LogP contribution in [0.3, 0.4) is 0 Å². The fourth-order valence-electron chi connectivity index (χ4n) is 3.71. The van der Waals surface area contributed by atoms with E-state index < -0.39 is 0 Å². The second kappa shape index (κ2) is 8.78. The summed E-state index contributed by atoms with van der Waals surface area (Å²) in [6, 6.07) is 24.2. The Morgan fingerprint density at radius 3 is 2.18 bits per heavy atom. The van der Waals surface area contributed by atoms with E-state index >= 15 is 0 Å². The smallest absolute Gasteiger partial charge is 0.139 e. The number of pyridine rings is 1. The van der Waals surface area contributed by atoms with E-state index in [9.17, 15) is 4.79 Å². The number of benzene rings is 2. The average molecular weight is 437 g/mol. The van der Waals surface area contributed by atoms with E-state index in [2.05, 4.69) is 50.1 Å². The Bertz CT molecular complexity index is 863. The third kappa shape index (κ3) is 4.07. The molecule has 3 aromatic rings. The van der Waals surface area contributed by atoms with Crippen molar-refractivity contribution in [2.75, 3.05) is 13.2 Å². The lowest BCUT2D eigenvalue weighted by molar-refractivity contribution is -0.126. The molecule has 1 saturated heterocycles. The Labute approximate surface area is 173 Å². The summed E-state index contributed by atoms with van der Waals surface area (Å²) in [6.07, 6.45) is 2.59. The maximum Gasteiger partial charge on any atom is 0.139 e. The second-order valence-corrected chi connectivity index (χ2v) is 7.76. The summed E-state index contributed by atoms with van der Waals surface area (Å²) in [4.78, 5) is 18.6. The Hall–Kier alpha value is -2.34. The number of hydrogen-bond acceptors (Lipinski definition) is 4. The molecule has 0 spiro atoms. The lowest BCUT2D eigenvalue weighted by Gasteiger charge is -2.42. The van der Waals surface area contributed by atoms with Crippen molar-refractivity contribution in [3.8, 4) is 0 Å². The number of hydrogen-bond donors (Lipinski definition) is 0. The molecule has 2 heterocycles. The van der Waals surface area contributed by atoms with Crippen LogP contribution in [0.25, 0.3) is 0 Å². The maximum atomic E-state index is 11.9. The molecule has 5 heteroatoms. The summed E-state index contributed by atoms with van der Waals surface area (Å²) in [7, 11) is 0. The highest BCUT2D eigenvalue weighted by Crippen LogP contribution is 2.35. The molecule has 0 bridgehead atoms. The Morgan fingerprint density at radius 2 is 1.64 bits per heavy atom. The minimum Gasteiger partial charge on any atom is -0.368 e. The number of carbonyl (C=O) groups excluding carboxylic acids is 1. The largest absolute Gasteiger partial charge is 0.368 e. The Morgan fingerprint density at radius 1 is 1.00 bits per heavy atom. The van der Waals surface area contributed by atoms with E-state index in [1.54, 1.807) is 6.20 Å². The van der Waals surface area contributed by atoms with E-state index in [1.807, 2.05) is 48.5 Å². The molecule has 0 aliphatic carbocycles. The molecule has 2 unspecified atom stereocenters. The van der Waals surface area contributed by atoms with Gasteiger partial charge >= 0.3 is 0 Å². The van der Waals surface area contributed by atoms with Crippen LogP contribution in [-0.4, -0.2) is 35.4 Å². The van der Waals surface area contributed by atoms with Crippen molar-refractivity contribution in [1.29, 1.82) is 0 Å². The molecule has 1 aromatic heterocycles. The zero-order chi connectivity index (χ0) is 19.3. The first-order chi connectivity index (χ1) is 13.8. The molecule has 1 aliphatic rings. The van der Waals surface area contributed by atoms with Gasteiger partial charge in [-0.2, -0.15) is 0 Å². The van der Waals surface area contributed by atoms with Crippen molar-refractivity contribution in [3.05, 3.63) is 100 Å². The van der Waals surface area contributed by atoms with E-state index in [0.29, 0.717) is 13.2 Å². The highest BCUT2D eigenvalue weighted by atomic mass is 79.9. The van der Waals surface area contributed by atoms with Crippen LogP contribution in [0.4, 0.5) is 0 Å². The standard InChI is InChI=1S/C23H21BrN2O2/c24-19-11-12-21(25-13-19)22-14-26(20(15-27)16-28-22)23(17-7-3-1-4-8-17)18-9-5-2-6-10-18/h1-13,15,20,22-23H,14,16H2. The first-order valence-electron chi connectivity index (χ1n) is 9.30. The predicted octanol–water partition coefficient (Wildman–Crippen LogP) is 4.57. The predicted molar refractivity (Wildman–Crippen MR) is 112 cm³/mol. The quantitative estimate of drug-likeness (QED) is 0.549. The number of ether oxygens (including phenoxy) is 1. The van der Waals surface area contributed by atoms with Crippen LogP contribution in [-0.2, 0) is 9.53 Å². The van der Waals surface area contributed by atoms with Crippen LogP contribution >= 0.6 is 15.9 Å². The molecule has 4 rings (SSSR count). The number of nitrogens with zero attached hydrogens (tertiary/aromatic N) is 2. The molecular weight excluding hydrogens is 416 g/mol. The van der Waals surface area contributed by atoms with Gasteiger partial charge in [-0.1, -0.05) is 60.7 Å². The first-order valence-corrected chi connectivity index (χ1v) is 10.1. The van der Waals surface area contributed by atoms with Gasteiger partial charge in [-0.15, -0.1) is 0 Å². The first kappa shape index (κ1) is 19.0. The van der Waals surface area contributed by atoms with Crippen LogP contribution in [0.5, 0.6) is 0 Å². The molecule has 0 N–H and O–H groups in total. The van der Waals surface area contributed by atoms with Gasteiger partial charge in [0.2, 0.25) is 0 Å². The van der Waals surface area contributed by atoms with E-state index in [0.717, 1.165) is 27.6 Å². The Balaban J connectivity index is 1.71. The number of rotatable bonds is 5. The highest BCUT2D eigenvalue weighted by Gasteiger charge is 2.36. The van der Waals surface area contributed by atoms with Gasteiger partial charge in [0.05, 0.1) is 24.4 Å². The van der Waals surface area contributed by atoms with Gasteiger partial charge in [0.25, 0.3) is 0 Å². The molecule has 142 valence electrons. The zero-order valence-corrected chi connectivity index (χ0v) is 16.9. The van der Waals surface area contributed by atoms with Gasteiger partial charge in [0.1, 0.15) is 12.4 Å². The SMILES string of the molecule is O=CC1COC(c2ccc(Br)cn2)CN1C(c1ccccc1)c1ccccc1. The fraction of sp³-hybridized carbons (Fsp3) is 0.217. The number of morpholine rings is 1. The number of aldehydes is 1. The second-order valence-electron chi connectivity index (χ2n) is 6.85. The summed E-state index contributed by atoms with van der Waals surface area (Å²) < 4.78 is 6.94. The van der Waals surface area contributed by atoms with Crippen LogP contribution in [0.2, 0.25) is 0 Å². The molecule has 1 fully saturated rings. The minimum atomic E-state index is -0.308. The van der Waals surface area contributed by atoms with Crippen molar-refractivity contribution in [2.24, 2.45) is 0 Å². The molecule has 0 amide bonds. The van der Waals surface area contributed by atoms with Crippen molar-refractivity contribution < 1.29 is 9.53 Å². The van der Waals surface area contributed by atoms with Crippen molar-refractivity contribution >= 4 is 22.2 Å². The van der Waals surface area contributed by atoms with Gasteiger partial charge in [-0.3, -0.25) is 9.88 Å². The monoisotopic (exact) mass is 436 g/mol. The molecule has 2 atom stereocenters. The van der Waals surface area contributed by atoms with Crippen molar-refractivity contribution in [1.82, 2.24) is 9.88 Å². The molecule has 28 heavy (non-hydrogen) atoms. The topological polar surface area (TPSA) is 42.4 Å². The van der Waals surface area contributed by atoms with Crippen molar-refractivity contribution in [3.63, 3.8) is 0 Å². The average Bonchev–Trinajstić information content (AvgIpc) is 2.76. The highest BCUT2D eigenvalue weighted by molar-refractivity contribution is 9.10. The summed E-state index contributed by atoms with van der Waals surface area (Å²) in [6.45, 7) is 0.939. The maximum absolute atomic E-state index is 11.9. The van der Waals surface area contributed by atoms with E-state index in [1.165, 1.54) is 0 Å². The lowest BCUT2D eigenvalue weighted by atomic mass is 9.94. The van der Waals surface area contributed by atoms with Crippen LogP contribution < -0.4 is 0 Å². The minimum absolute atomic E-state index is 0.0283. The van der Waals surface area contributed by atoms with Crippen LogP contribution in [0, 0.1) is 0 Å². The molecular formula is C23H21BrN2O2. The lowest BCUT2D eigenvalue weighted by Crippen LogP contribution is -2.49. The molecule has 1 aliphatic heterocycles. The van der Waals surface area contributed by atoms with Crippen LogP contribution in [0.15, 0.2) is 83.5 Å². The van der Waals surface area contributed by atoms with Gasteiger partial charge in [0, 0.05) is 17.2 Å². The van der Waals surface area contributed by atoms with Gasteiger partial charge < -0.3 is 9.53 Å². The van der Waals surface area contributed by atoms with Gasteiger partial charge in [0.15, 0.2) is 0 Å². The van der Waals surface area contributed by atoms with E-state index in [4.69, 9.17) is 4.74 Å². The number of halogens is 1. The van der Waals surface area contributed by atoms with Crippen molar-refractivity contribution in [2.45, 2.75) is 18.2 Å². The number of aromatic nitrogens is 1. The zero-order valence-electron chi connectivity index (χ0n) is 15.3. The van der Waals surface area contributed by atoms with Gasteiger partial charge in [-0.05, 0) is 39.2 Å². The van der Waals surface area contributed by atoms with Gasteiger partial charge in [-0.25, -0.2) is 0 Å². The summed E-state index contributed by atoms with van der Waals surface area (Å²) in [5.41, 5.74) is 3.19. The molecule has 4 nitrogen and oxygen atoms in total. The van der Waals surface area contributed by atoms with E-state index in [-0.39, 0.29) is 18.2 Å². The summed E-state index contributed by atoms with van der Waals surface area (Å²) >= 11 is 3.43. The fourth-order valence-corrected chi connectivity index (χ4v) is 3.94. The number of carbonyl (C=O) groups is 1.